The number of nitrogens with one attached hydrogen (secondary N) is 1. The van der Waals surface area contributed by atoms with E-state index in [-0.39, 0.29) is 49.6 Å². The van der Waals surface area contributed by atoms with Crippen molar-refractivity contribution in [3.63, 3.8) is 0 Å². The highest BCUT2D eigenvalue weighted by Crippen LogP contribution is 2.27. The number of pyridine rings is 1. The van der Waals surface area contributed by atoms with E-state index in [1.807, 2.05) is 68.4 Å². The van der Waals surface area contributed by atoms with Gasteiger partial charge >= 0.3 is 5.69 Å². The number of hydrogen-bond donors (Lipinski definition) is 2. The van der Waals surface area contributed by atoms with Crippen LogP contribution in [0.1, 0.15) is 51.5 Å². The fraction of sp³-hybridized carbons (Fsp3) is 0.243. The first-order chi connectivity index (χ1) is 23.1. The minimum absolute atomic E-state index is 0.0697. The molecule has 2 N–H and O–H groups in total. The number of benzene rings is 3. The summed E-state index contributed by atoms with van der Waals surface area (Å²) in [7, 11) is 0. The summed E-state index contributed by atoms with van der Waals surface area (Å²) in [6, 6.07) is 25.3. The monoisotopic (exact) mass is 709 g/mol. The summed E-state index contributed by atoms with van der Waals surface area (Å²) in [5.74, 6) is -0.115. The van der Waals surface area contributed by atoms with Gasteiger partial charge in [-0.1, -0.05) is 46.3 Å². The van der Waals surface area contributed by atoms with Gasteiger partial charge in [-0.05, 0) is 86.5 Å². The summed E-state index contributed by atoms with van der Waals surface area (Å²) in [5.41, 5.74) is 4.70. The van der Waals surface area contributed by atoms with E-state index in [1.54, 1.807) is 52.9 Å². The molecule has 3 heterocycles. The van der Waals surface area contributed by atoms with Crippen LogP contribution < -0.4 is 15.7 Å². The lowest BCUT2D eigenvalue weighted by Gasteiger charge is -2.34. The maximum Gasteiger partial charge on any atom is 0.333 e. The third-order valence-corrected chi connectivity index (χ3v) is 9.30. The number of ether oxygens (including phenoxy) is 1. The van der Waals surface area contributed by atoms with Gasteiger partial charge in [0.1, 0.15) is 18.1 Å². The molecule has 11 heteroatoms. The predicted molar refractivity (Wildman–Crippen MR) is 186 cm³/mol. The Bertz CT molecular complexity index is 2020. The molecule has 2 aromatic heterocycles. The summed E-state index contributed by atoms with van der Waals surface area (Å²) < 4.78 is 9.52. The number of amides is 2. The van der Waals surface area contributed by atoms with Gasteiger partial charge in [0.15, 0.2) is 0 Å². The number of hydrogen-bond acceptors (Lipinski definition) is 6. The molecule has 0 radical (unpaired) electrons. The zero-order valence-corrected chi connectivity index (χ0v) is 28.5. The first-order valence-corrected chi connectivity index (χ1v) is 16.5. The molecule has 0 saturated carbocycles. The second kappa shape index (κ2) is 14.0. The Kier molecular flexibility index (Phi) is 9.61. The molecule has 0 bridgehead atoms. The lowest BCUT2D eigenvalue weighted by atomic mass is 10.0. The Labute approximate surface area is 286 Å². The maximum atomic E-state index is 14.2. The summed E-state index contributed by atoms with van der Waals surface area (Å²) in [5, 5.41) is 12.7. The van der Waals surface area contributed by atoms with Crippen molar-refractivity contribution in [2.45, 2.75) is 52.6 Å². The van der Waals surface area contributed by atoms with Crippen LogP contribution in [0.4, 0.5) is 0 Å². The lowest BCUT2D eigenvalue weighted by molar-refractivity contribution is 0.0610. The molecule has 0 saturated heterocycles. The van der Waals surface area contributed by atoms with Crippen molar-refractivity contribution in [3.8, 4) is 22.7 Å². The van der Waals surface area contributed by atoms with Crippen molar-refractivity contribution < 1.29 is 19.4 Å². The third-order valence-electron chi connectivity index (χ3n) is 8.41. The largest absolute Gasteiger partial charge is 0.491 e. The van der Waals surface area contributed by atoms with Crippen LogP contribution in [0, 0.1) is 6.92 Å². The molecule has 0 fully saturated rings. The minimum atomic E-state index is -0.641. The van der Waals surface area contributed by atoms with Crippen molar-refractivity contribution in [3.05, 3.63) is 134 Å². The van der Waals surface area contributed by atoms with E-state index in [0.29, 0.717) is 22.7 Å². The third kappa shape index (κ3) is 6.69. The zero-order chi connectivity index (χ0) is 33.9. The summed E-state index contributed by atoms with van der Waals surface area (Å²) >= 11 is 3.50. The number of aromatic nitrogens is 3. The highest BCUT2D eigenvalue weighted by atomic mass is 79.9. The Morgan fingerprint density at radius 1 is 1.06 bits per heavy atom. The average Bonchev–Trinajstić information content (AvgIpc) is 3.38. The van der Waals surface area contributed by atoms with Crippen molar-refractivity contribution in [2.75, 3.05) is 6.61 Å². The number of nitrogens with zero attached hydrogens (tertiary/aromatic N) is 4. The first-order valence-electron chi connectivity index (χ1n) is 15.7. The second-order valence-corrected chi connectivity index (χ2v) is 12.8. The van der Waals surface area contributed by atoms with Crippen molar-refractivity contribution in [1.82, 2.24) is 24.3 Å². The topological polar surface area (TPSA) is 119 Å². The second-order valence-electron chi connectivity index (χ2n) is 12.0. The van der Waals surface area contributed by atoms with E-state index in [0.717, 1.165) is 26.9 Å². The molecule has 10 nitrogen and oxygen atoms in total. The molecule has 0 unspecified atom stereocenters. The number of aliphatic hydroxyl groups excluding tert-OH is 1. The molecule has 0 aliphatic carbocycles. The van der Waals surface area contributed by atoms with Gasteiger partial charge in [0.05, 0.1) is 29.7 Å². The molecule has 48 heavy (non-hydrogen) atoms. The van der Waals surface area contributed by atoms with Gasteiger partial charge < -0.3 is 20.1 Å². The van der Waals surface area contributed by atoms with Gasteiger partial charge in [-0.25, -0.2) is 4.79 Å². The summed E-state index contributed by atoms with van der Waals surface area (Å²) in [6.45, 7) is 6.06. The van der Waals surface area contributed by atoms with Crippen molar-refractivity contribution >= 4 is 27.7 Å². The number of carbonyl (C=O) groups is 2. The maximum absolute atomic E-state index is 14.2. The molecule has 0 spiro atoms. The van der Waals surface area contributed by atoms with E-state index >= 15 is 0 Å². The Hall–Kier alpha value is -5.00. The van der Waals surface area contributed by atoms with E-state index in [1.165, 1.54) is 4.57 Å². The van der Waals surface area contributed by atoms with Crippen molar-refractivity contribution in [1.29, 1.82) is 0 Å². The van der Waals surface area contributed by atoms with Crippen LogP contribution in [0.15, 0.2) is 100 Å². The molecule has 1 aliphatic heterocycles. The van der Waals surface area contributed by atoms with Gasteiger partial charge in [0, 0.05) is 40.9 Å². The summed E-state index contributed by atoms with van der Waals surface area (Å²) in [6.07, 6.45) is 1.08. The normalized spacial score (nSPS) is 14.7. The van der Waals surface area contributed by atoms with E-state index < -0.39 is 12.0 Å². The number of rotatable bonds is 9. The molecule has 246 valence electrons. The smallest absolute Gasteiger partial charge is 0.333 e. The number of aliphatic hydroxyl groups is 1. The molecular weight excluding hydrogens is 674 g/mol. The van der Waals surface area contributed by atoms with Crippen LogP contribution in [0.25, 0.3) is 16.9 Å². The van der Waals surface area contributed by atoms with E-state index in [9.17, 15) is 19.5 Å². The molecule has 2 amide bonds. The average molecular weight is 711 g/mol. The van der Waals surface area contributed by atoms with Crippen LogP contribution in [0.2, 0.25) is 0 Å². The molecule has 3 aromatic carbocycles. The first kappa shape index (κ1) is 32.9. The van der Waals surface area contributed by atoms with Gasteiger partial charge in [-0.15, -0.1) is 0 Å². The fourth-order valence-corrected chi connectivity index (χ4v) is 6.17. The van der Waals surface area contributed by atoms with Gasteiger partial charge in [0.25, 0.3) is 11.8 Å². The van der Waals surface area contributed by atoms with E-state index in [2.05, 4.69) is 26.2 Å². The number of fused-ring (bicyclic) bond motifs is 1. The predicted octanol–water partition coefficient (Wildman–Crippen LogP) is 5.51. The number of carbonyl (C=O) groups excluding carboxylic acids is 2. The van der Waals surface area contributed by atoms with Gasteiger partial charge in [-0.2, -0.15) is 0 Å². The number of imidazole rings is 1. The van der Waals surface area contributed by atoms with Crippen LogP contribution in [0.3, 0.4) is 0 Å². The van der Waals surface area contributed by atoms with Crippen LogP contribution in [0.5, 0.6) is 5.75 Å². The number of halogens is 1. The highest BCUT2D eigenvalue weighted by molar-refractivity contribution is 9.10. The minimum Gasteiger partial charge on any atom is -0.491 e. The molecule has 5 aromatic rings. The Morgan fingerprint density at radius 2 is 1.81 bits per heavy atom. The van der Waals surface area contributed by atoms with Gasteiger partial charge in [-0.3, -0.25) is 23.7 Å². The van der Waals surface area contributed by atoms with E-state index in [4.69, 9.17) is 4.74 Å². The SMILES string of the molecule is Cc1cc(C(=O)N2Cc3c(C(=O)NCc4ccccc4-c4ccccn4)n(-c4ccc(OC[C@H](C)O)cc4)c(=O)n3C[C@H]2C)ccc1Br. The summed E-state index contributed by atoms with van der Waals surface area (Å²) in [4.78, 5) is 48.4. The number of aryl methyl sites for hydroxylation is 1. The quantitative estimate of drug-likeness (QED) is 0.209. The van der Waals surface area contributed by atoms with Crippen LogP contribution >= 0.6 is 15.9 Å². The Morgan fingerprint density at radius 3 is 2.52 bits per heavy atom. The standard InChI is InChI=1S/C37H36BrN5O5/c1-23-18-26(11-16-31(23)38)36(46)41-21-33-34(35(45)40-19-27-8-4-5-9-30(27)32-10-6-7-17-39-32)43(37(47)42(33)20-24(41)2)28-12-14-29(15-13-28)48-22-25(3)44/h4-18,24-25,44H,19-22H2,1-3H3,(H,40,45)/t24-,25+/m1/s1. The lowest BCUT2D eigenvalue weighted by Crippen LogP contribution is -2.47. The molecule has 2 atom stereocenters. The molecule has 6 rings (SSSR count). The highest BCUT2D eigenvalue weighted by Gasteiger charge is 2.35. The fourth-order valence-electron chi connectivity index (χ4n) is 5.92. The van der Waals surface area contributed by atoms with Crippen molar-refractivity contribution in [2.24, 2.45) is 0 Å². The molecular formula is C37H36BrN5O5. The Balaban J connectivity index is 1.38. The zero-order valence-electron chi connectivity index (χ0n) is 26.9. The van der Waals surface area contributed by atoms with Gasteiger partial charge in [0.2, 0.25) is 0 Å². The molecule has 1 aliphatic rings. The van der Waals surface area contributed by atoms with Crippen LogP contribution in [-0.2, 0) is 19.6 Å². The van der Waals surface area contributed by atoms with Crippen LogP contribution in [-0.4, -0.2) is 54.7 Å².